The first-order valence-corrected chi connectivity index (χ1v) is 10.7. The number of ether oxygens (including phenoxy) is 2. The molecule has 0 atom stereocenters. The van der Waals surface area contributed by atoms with Gasteiger partial charge in [0.25, 0.3) is 0 Å². The van der Waals surface area contributed by atoms with Crippen molar-refractivity contribution in [2.75, 3.05) is 33.6 Å². The molecule has 1 saturated heterocycles. The highest BCUT2D eigenvalue weighted by atomic mass is 35.5. The molecular weight excluding hydrogens is 404 g/mol. The second kappa shape index (κ2) is 10.1. The number of halogens is 1. The molecule has 1 aliphatic heterocycles. The van der Waals surface area contributed by atoms with E-state index in [0.29, 0.717) is 31.0 Å². The summed E-state index contributed by atoms with van der Waals surface area (Å²) < 4.78 is 34.1. The van der Waals surface area contributed by atoms with Gasteiger partial charge in [-0.25, -0.2) is 8.42 Å². The van der Waals surface area contributed by atoms with Gasteiger partial charge in [0.15, 0.2) is 26.1 Å². The highest BCUT2D eigenvalue weighted by molar-refractivity contribution is 7.92. The van der Waals surface area contributed by atoms with Crippen LogP contribution in [0, 0.1) is 0 Å². The van der Waals surface area contributed by atoms with Crippen LogP contribution in [0.25, 0.3) is 0 Å². The van der Waals surface area contributed by atoms with Gasteiger partial charge in [-0.05, 0) is 50.0 Å². The minimum atomic E-state index is -3.54. The van der Waals surface area contributed by atoms with Gasteiger partial charge in [0.05, 0.1) is 14.2 Å². The Hall–Kier alpha value is -1.77. The maximum absolute atomic E-state index is 12.8. The Morgan fingerprint density at radius 3 is 2.43 bits per heavy atom. The number of methoxy groups -OCH3 is 2. The molecule has 1 fully saturated rings. The fourth-order valence-corrected chi connectivity index (χ4v) is 4.81. The van der Waals surface area contributed by atoms with Crippen molar-refractivity contribution < 1.29 is 22.7 Å². The number of piperidine rings is 1. The number of rotatable bonds is 8. The summed E-state index contributed by atoms with van der Waals surface area (Å²) in [4.78, 5) is 12.8. The zero-order valence-electron chi connectivity index (χ0n) is 16.5. The van der Waals surface area contributed by atoms with Crippen LogP contribution in [0.15, 0.2) is 24.8 Å². The van der Waals surface area contributed by atoms with Crippen LogP contribution in [-0.4, -0.2) is 52.6 Å². The van der Waals surface area contributed by atoms with E-state index in [0.717, 1.165) is 17.4 Å². The van der Waals surface area contributed by atoms with E-state index in [4.69, 9.17) is 9.47 Å². The minimum absolute atomic E-state index is 0. The molecule has 158 valence electrons. The SMILES string of the molecule is C=CCc1cc(CNC(=O)C2(S(C)(=O)=O)CCNCC2)cc(OC)c1OC.Cl. The lowest BCUT2D eigenvalue weighted by Crippen LogP contribution is -2.57. The molecule has 1 aromatic carbocycles. The number of allylic oxidation sites excluding steroid dienone is 1. The van der Waals surface area contributed by atoms with Crippen molar-refractivity contribution >= 4 is 28.2 Å². The van der Waals surface area contributed by atoms with Crippen LogP contribution < -0.4 is 20.1 Å². The standard InChI is InChI=1S/C19H28N2O5S.ClH/c1-5-6-15-11-14(12-16(25-2)17(15)26-3)13-21-18(22)19(27(4,23)24)7-9-20-10-8-19;/h5,11-12,20H,1,6-10,13H2,2-4H3,(H,21,22);1H. The van der Waals surface area contributed by atoms with E-state index in [1.807, 2.05) is 6.07 Å². The molecule has 0 bridgehead atoms. The van der Waals surface area contributed by atoms with Gasteiger partial charge in [0.2, 0.25) is 5.91 Å². The van der Waals surface area contributed by atoms with Gasteiger partial charge >= 0.3 is 0 Å². The van der Waals surface area contributed by atoms with Crippen LogP contribution in [0.5, 0.6) is 11.5 Å². The van der Waals surface area contributed by atoms with Gasteiger partial charge in [-0.1, -0.05) is 6.08 Å². The molecule has 0 spiro atoms. The molecule has 1 aliphatic rings. The first-order chi connectivity index (χ1) is 12.8. The van der Waals surface area contributed by atoms with E-state index >= 15 is 0 Å². The molecule has 0 aliphatic carbocycles. The zero-order valence-corrected chi connectivity index (χ0v) is 18.2. The maximum atomic E-state index is 12.8. The summed E-state index contributed by atoms with van der Waals surface area (Å²) in [5.41, 5.74) is 1.69. The monoisotopic (exact) mass is 432 g/mol. The third-order valence-corrected chi connectivity index (χ3v) is 6.98. The maximum Gasteiger partial charge on any atom is 0.241 e. The Labute approximate surface area is 173 Å². The van der Waals surface area contributed by atoms with Gasteiger partial charge in [-0.3, -0.25) is 4.79 Å². The molecule has 7 nitrogen and oxygen atoms in total. The third kappa shape index (κ3) is 4.98. The second-order valence-electron chi connectivity index (χ2n) is 6.68. The number of sulfone groups is 1. The molecule has 9 heteroatoms. The topological polar surface area (TPSA) is 93.7 Å². The third-order valence-electron chi connectivity index (χ3n) is 4.97. The average Bonchev–Trinajstić information content (AvgIpc) is 2.65. The zero-order chi connectivity index (χ0) is 20.1. The van der Waals surface area contributed by atoms with E-state index in [-0.39, 0.29) is 31.8 Å². The molecule has 1 heterocycles. The molecule has 1 aromatic rings. The van der Waals surface area contributed by atoms with E-state index in [2.05, 4.69) is 17.2 Å². The number of hydrogen-bond acceptors (Lipinski definition) is 6. The van der Waals surface area contributed by atoms with E-state index in [1.54, 1.807) is 26.4 Å². The summed E-state index contributed by atoms with van der Waals surface area (Å²) in [5, 5.41) is 5.91. The van der Waals surface area contributed by atoms with Crippen LogP contribution in [0.4, 0.5) is 0 Å². The number of amides is 1. The Morgan fingerprint density at radius 2 is 1.93 bits per heavy atom. The fraction of sp³-hybridized carbons (Fsp3) is 0.526. The highest BCUT2D eigenvalue weighted by Crippen LogP contribution is 2.33. The highest BCUT2D eigenvalue weighted by Gasteiger charge is 2.48. The summed E-state index contributed by atoms with van der Waals surface area (Å²) >= 11 is 0. The van der Waals surface area contributed by atoms with Gasteiger partial charge in [0.1, 0.15) is 0 Å². The quantitative estimate of drug-likeness (QED) is 0.606. The number of carbonyl (C=O) groups excluding carboxylic acids is 1. The van der Waals surface area contributed by atoms with Crippen molar-refractivity contribution in [3.63, 3.8) is 0 Å². The van der Waals surface area contributed by atoms with Crippen LogP contribution in [0.3, 0.4) is 0 Å². The Kier molecular flexibility index (Phi) is 8.78. The Bertz CT molecular complexity index is 805. The molecule has 2 rings (SSSR count). The van der Waals surface area contributed by atoms with Crippen molar-refractivity contribution in [2.45, 2.75) is 30.6 Å². The van der Waals surface area contributed by atoms with Crippen LogP contribution in [0.2, 0.25) is 0 Å². The molecule has 0 aromatic heterocycles. The van der Waals surface area contributed by atoms with E-state index in [9.17, 15) is 13.2 Å². The Balaban J connectivity index is 0.00000392. The Morgan fingerprint density at radius 1 is 1.29 bits per heavy atom. The lowest BCUT2D eigenvalue weighted by molar-refractivity contribution is -0.124. The summed E-state index contributed by atoms with van der Waals surface area (Å²) in [6.07, 6.45) is 4.01. The normalized spacial score (nSPS) is 15.8. The first kappa shape index (κ1) is 24.3. The van der Waals surface area contributed by atoms with E-state index < -0.39 is 20.5 Å². The number of hydrogen-bond donors (Lipinski definition) is 2. The van der Waals surface area contributed by atoms with Crippen molar-refractivity contribution in [3.8, 4) is 11.5 Å². The van der Waals surface area contributed by atoms with E-state index in [1.165, 1.54) is 0 Å². The number of benzene rings is 1. The molecular formula is C19H29ClN2O5S. The largest absolute Gasteiger partial charge is 0.493 e. The van der Waals surface area contributed by atoms with Crippen molar-refractivity contribution in [2.24, 2.45) is 0 Å². The smallest absolute Gasteiger partial charge is 0.241 e. The lowest BCUT2D eigenvalue weighted by Gasteiger charge is -2.34. The lowest BCUT2D eigenvalue weighted by atomic mass is 9.95. The second-order valence-corrected chi connectivity index (χ2v) is 9.01. The van der Waals surface area contributed by atoms with Crippen molar-refractivity contribution in [3.05, 3.63) is 35.9 Å². The predicted octanol–water partition coefficient (Wildman–Crippen LogP) is 1.64. The molecule has 1 amide bonds. The molecule has 2 N–H and O–H groups in total. The van der Waals surface area contributed by atoms with Gasteiger partial charge in [-0.15, -0.1) is 19.0 Å². The predicted molar refractivity (Wildman–Crippen MR) is 112 cm³/mol. The van der Waals surface area contributed by atoms with Crippen molar-refractivity contribution in [1.82, 2.24) is 10.6 Å². The number of nitrogens with one attached hydrogen (secondary N) is 2. The van der Waals surface area contributed by atoms with Crippen LogP contribution >= 0.6 is 12.4 Å². The summed E-state index contributed by atoms with van der Waals surface area (Å²) in [5.74, 6) is 0.728. The van der Waals surface area contributed by atoms with Gasteiger partial charge in [-0.2, -0.15) is 0 Å². The fourth-order valence-electron chi connectivity index (χ4n) is 3.46. The summed E-state index contributed by atoms with van der Waals surface area (Å²) in [7, 11) is -0.426. The van der Waals surface area contributed by atoms with Gasteiger partial charge < -0.3 is 20.1 Å². The summed E-state index contributed by atoms with van der Waals surface area (Å²) in [6.45, 7) is 4.95. The summed E-state index contributed by atoms with van der Waals surface area (Å²) in [6, 6.07) is 3.68. The molecule has 0 saturated carbocycles. The van der Waals surface area contributed by atoms with Crippen LogP contribution in [0.1, 0.15) is 24.0 Å². The molecule has 0 radical (unpaired) electrons. The number of carbonyl (C=O) groups is 1. The average molecular weight is 433 g/mol. The van der Waals surface area contributed by atoms with Gasteiger partial charge in [0, 0.05) is 18.4 Å². The van der Waals surface area contributed by atoms with Crippen LogP contribution in [-0.2, 0) is 27.6 Å². The molecule has 0 unspecified atom stereocenters. The molecule has 28 heavy (non-hydrogen) atoms. The first-order valence-electron chi connectivity index (χ1n) is 8.82. The minimum Gasteiger partial charge on any atom is -0.493 e. The van der Waals surface area contributed by atoms with Crippen molar-refractivity contribution in [1.29, 1.82) is 0 Å².